The van der Waals surface area contributed by atoms with Gasteiger partial charge in [-0.05, 0) is 68.0 Å². The van der Waals surface area contributed by atoms with Crippen molar-refractivity contribution in [2.24, 2.45) is 0 Å². The van der Waals surface area contributed by atoms with E-state index in [4.69, 9.17) is 4.52 Å². The number of aromatic nitrogens is 2. The zero-order valence-electron chi connectivity index (χ0n) is 15.6. The molecule has 28 heavy (non-hydrogen) atoms. The number of anilines is 1. The van der Waals surface area contributed by atoms with Crippen molar-refractivity contribution in [1.82, 2.24) is 10.1 Å². The Hall–Kier alpha value is -2.54. The minimum atomic E-state index is -0.300. The molecule has 1 aliphatic carbocycles. The highest BCUT2D eigenvalue weighted by atomic mass is 32.1. The average Bonchev–Trinajstić information content (AvgIpc) is 3.39. The number of benzene rings is 1. The highest BCUT2D eigenvalue weighted by Crippen LogP contribution is 2.37. The number of nitrogens with zero attached hydrogens (tertiary/aromatic N) is 3. The van der Waals surface area contributed by atoms with Gasteiger partial charge in [-0.15, -0.1) is 11.3 Å². The lowest BCUT2D eigenvalue weighted by Crippen LogP contribution is -2.25. The summed E-state index contributed by atoms with van der Waals surface area (Å²) in [5, 5.41) is 4.16. The van der Waals surface area contributed by atoms with Crippen LogP contribution >= 0.6 is 11.3 Å². The molecule has 1 amide bonds. The first kappa shape index (κ1) is 17.6. The van der Waals surface area contributed by atoms with E-state index in [0.717, 1.165) is 29.0 Å². The van der Waals surface area contributed by atoms with Gasteiger partial charge in [-0.3, -0.25) is 4.79 Å². The summed E-state index contributed by atoms with van der Waals surface area (Å²) in [4.78, 5) is 21.3. The quantitative estimate of drug-likeness (QED) is 0.646. The van der Waals surface area contributed by atoms with Gasteiger partial charge >= 0.3 is 0 Å². The number of carbonyl (C=O) groups excluding carboxylic acids is 1. The molecular formula is C21H20FN3O2S. The normalized spacial score (nSPS) is 19.3. The Balaban J connectivity index is 1.38. The Bertz CT molecular complexity index is 1030. The van der Waals surface area contributed by atoms with Crippen LogP contribution in [0.1, 0.15) is 47.0 Å². The molecule has 0 saturated carbocycles. The Morgan fingerprint density at radius 1 is 1.25 bits per heavy atom. The number of hydrogen-bond acceptors (Lipinski definition) is 5. The fourth-order valence-electron chi connectivity index (χ4n) is 4.13. The molecule has 1 saturated heterocycles. The second-order valence-corrected chi connectivity index (χ2v) is 8.70. The van der Waals surface area contributed by atoms with Crippen LogP contribution < -0.4 is 4.90 Å². The molecule has 2 aromatic heterocycles. The number of aryl methyl sites for hydroxylation is 3. The van der Waals surface area contributed by atoms with Crippen molar-refractivity contribution in [3.8, 4) is 10.8 Å². The fraction of sp³-hybridized carbons (Fsp3) is 0.381. The molecule has 0 bridgehead atoms. The van der Waals surface area contributed by atoms with Crippen LogP contribution in [0.3, 0.4) is 0 Å². The van der Waals surface area contributed by atoms with Crippen LogP contribution in [0.5, 0.6) is 0 Å². The molecule has 2 aliphatic rings. The first-order valence-electron chi connectivity index (χ1n) is 9.60. The van der Waals surface area contributed by atoms with Gasteiger partial charge < -0.3 is 9.42 Å². The molecule has 3 aromatic rings. The van der Waals surface area contributed by atoms with Crippen molar-refractivity contribution in [1.29, 1.82) is 0 Å². The zero-order chi connectivity index (χ0) is 19.3. The molecule has 3 heterocycles. The third kappa shape index (κ3) is 3.03. The second-order valence-electron chi connectivity index (χ2n) is 7.56. The predicted molar refractivity (Wildman–Crippen MR) is 105 cm³/mol. The van der Waals surface area contributed by atoms with Gasteiger partial charge in [0.1, 0.15) is 5.82 Å². The molecule has 144 valence electrons. The summed E-state index contributed by atoms with van der Waals surface area (Å²) in [6.07, 6.45) is 5.06. The smallest absolute Gasteiger partial charge is 0.268 e. The Kier molecular flexibility index (Phi) is 4.27. The van der Waals surface area contributed by atoms with E-state index in [9.17, 15) is 9.18 Å². The Labute approximate surface area is 166 Å². The summed E-state index contributed by atoms with van der Waals surface area (Å²) in [6.45, 7) is 2.29. The Morgan fingerprint density at radius 2 is 2.11 bits per heavy atom. The lowest BCUT2D eigenvalue weighted by Gasteiger charge is -2.18. The van der Waals surface area contributed by atoms with E-state index < -0.39 is 0 Å². The third-order valence-corrected chi connectivity index (χ3v) is 6.81. The highest BCUT2D eigenvalue weighted by Gasteiger charge is 2.35. The molecule has 1 aromatic carbocycles. The molecule has 7 heteroatoms. The first-order chi connectivity index (χ1) is 13.6. The molecule has 1 atom stereocenters. The van der Waals surface area contributed by atoms with Crippen molar-refractivity contribution in [3.05, 3.63) is 51.9 Å². The molecule has 5 nitrogen and oxygen atoms in total. The highest BCUT2D eigenvalue weighted by molar-refractivity contribution is 7.15. The van der Waals surface area contributed by atoms with Crippen molar-refractivity contribution in [2.45, 2.75) is 44.9 Å². The minimum absolute atomic E-state index is 0.00218. The van der Waals surface area contributed by atoms with E-state index in [-0.39, 0.29) is 17.6 Å². The van der Waals surface area contributed by atoms with E-state index in [2.05, 4.69) is 16.2 Å². The van der Waals surface area contributed by atoms with Crippen molar-refractivity contribution >= 4 is 22.9 Å². The standard InChI is InChI=1S/C21H20FN3O2S/c1-12-8-15(22)6-7-16(12)25-11-14(10-19(25)26)20-23-21(27-24-20)18-9-13-4-2-3-5-17(13)28-18/h6-9,14H,2-5,10-11H2,1H3. The average molecular weight is 397 g/mol. The van der Waals surface area contributed by atoms with Crippen molar-refractivity contribution in [2.75, 3.05) is 11.4 Å². The number of fused-ring (bicyclic) bond motifs is 1. The molecule has 1 unspecified atom stereocenters. The van der Waals surface area contributed by atoms with Gasteiger partial charge in [0.2, 0.25) is 5.91 Å². The summed E-state index contributed by atoms with van der Waals surface area (Å²) in [7, 11) is 0. The summed E-state index contributed by atoms with van der Waals surface area (Å²) in [5.74, 6) is 0.683. The van der Waals surface area contributed by atoms with Crippen LogP contribution in [0, 0.1) is 12.7 Å². The maximum atomic E-state index is 13.4. The predicted octanol–water partition coefficient (Wildman–Crippen LogP) is 4.64. The Morgan fingerprint density at radius 3 is 2.93 bits per heavy atom. The van der Waals surface area contributed by atoms with Gasteiger partial charge in [-0.25, -0.2) is 4.39 Å². The SMILES string of the molecule is Cc1cc(F)ccc1N1CC(c2noc(-c3cc4c(s3)CCCC4)n2)CC1=O. The molecular weight excluding hydrogens is 377 g/mol. The minimum Gasteiger partial charge on any atom is -0.333 e. The maximum Gasteiger partial charge on any atom is 0.268 e. The maximum absolute atomic E-state index is 13.4. The summed E-state index contributed by atoms with van der Waals surface area (Å²) < 4.78 is 18.9. The zero-order valence-corrected chi connectivity index (χ0v) is 16.4. The summed E-state index contributed by atoms with van der Waals surface area (Å²) in [5.41, 5.74) is 2.88. The molecule has 0 spiro atoms. The molecule has 0 radical (unpaired) electrons. The molecule has 1 fully saturated rings. The third-order valence-electron chi connectivity index (χ3n) is 5.59. The lowest BCUT2D eigenvalue weighted by molar-refractivity contribution is -0.117. The summed E-state index contributed by atoms with van der Waals surface area (Å²) >= 11 is 1.74. The number of carbonyl (C=O) groups is 1. The lowest BCUT2D eigenvalue weighted by atomic mass is 9.99. The van der Waals surface area contributed by atoms with Crippen LogP contribution in [0.2, 0.25) is 0 Å². The van der Waals surface area contributed by atoms with Gasteiger partial charge in [-0.1, -0.05) is 5.16 Å². The molecule has 0 N–H and O–H groups in total. The number of halogens is 1. The van der Waals surface area contributed by atoms with Crippen LogP contribution in [-0.4, -0.2) is 22.6 Å². The van der Waals surface area contributed by atoms with Gasteiger partial charge in [0.05, 0.1) is 4.88 Å². The van der Waals surface area contributed by atoms with Gasteiger partial charge in [-0.2, -0.15) is 4.98 Å². The number of hydrogen-bond donors (Lipinski definition) is 0. The van der Waals surface area contributed by atoms with Crippen LogP contribution in [-0.2, 0) is 17.6 Å². The van der Waals surface area contributed by atoms with Crippen LogP contribution in [0.25, 0.3) is 10.8 Å². The van der Waals surface area contributed by atoms with Crippen molar-refractivity contribution in [3.63, 3.8) is 0 Å². The summed E-state index contributed by atoms with van der Waals surface area (Å²) in [6, 6.07) is 6.65. The second kappa shape index (κ2) is 6.81. The van der Waals surface area contributed by atoms with Crippen LogP contribution in [0.15, 0.2) is 28.8 Å². The number of thiophene rings is 1. The fourth-order valence-corrected chi connectivity index (χ4v) is 5.31. The van der Waals surface area contributed by atoms with E-state index in [1.165, 1.54) is 35.4 Å². The van der Waals surface area contributed by atoms with E-state index >= 15 is 0 Å². The van der Waals surface area contributed by atoms with Gasteiger partial charge in [0.25, 0.3) is 5.89 Å². The van der Waals surface area contributed by atoms with E-state index in [1.54, 1.807) is 22.3 Å². The topological polar surface area (TPSA) is 59.2 Å². The first-order valence-corrected chi connectivity index (χ1v) is 10.4. The van der Waals surface area contributed by atoms with Gasteiger partial charge in [0.15, 0.2) is 5.82 Å². The number of rotatable bonds is 3. The molecule has 5 rings (SSSR count). The number of amides is 1. The largest absolute Gasteiger partial charge is 0.333 e. The van der Waals surface area contributed by atoms with Crippen LogP contribution in [0.4, 0.5) is 10.1 Å². The van der Waals surface area contributed by atoms with E-state index in [0.29, 0.717) is 24.7 Å². The van der Waals surface area contributed by atoms with Gasteiger partial charge in [0, 0.05) is 29.4 Å². The molecule has 1 aliphatic heterocycles. The van der Waals surface area contributed by atoms with E-state index in [1.807, 2.05) is 6.92 Å². The van der Waals surface area contributed by atoms with Crippen molar-refractivity contribution < 1.29 is 13.7 Å². The monoisotopic (exact) mass is 397 g/mol.